The lowest BCUT2D eigenvalue weighted by Gasteiger charge is -2.44. The number of aromatic nitrogens is 2. The molecule has 1 fully saturated rings. The lowest BCUT2D eigenvalue weighted by atomic mass is 9.70. The van der Waals surface area contributed by atoms with Crippen molar-refractivity contribution >= 4 is 17.8 Å². The Morgan fingerprint density at radius 1 is 0.800 bits per heavy atom. The molecule has 0 bridgehead atoms. The van der Waals surface area contributed by atoms with E-state index in [0.717, 1.165) is 18.9 Å². The number of amides is 4. The zero-order valence-corrected chi connectivity index (χ0v) is 14.7. The average Bonchev–Trinajstić information content (AvgIpc) is 2.81. The zero-order chi connectivity index (χ0) is 19.1. The first kappa shape index (κ1) is 16.9. The fourth-order valence-electron chi connectivity index (χ4n) is 3.51. The molecule has 10 heteroatoms. The smallest absolute Gasteiger partial charge is 0.333 e. The number of carbonyl (C=O) groups excluding carboxylic acids is 3. The van der Waals surface area contributed by atoms with Gasteiger partial charge in [0.05, 0.1) is 11.0 Å². The van der Waals surface area contributed by atoms with Gasteiger partial charge in [0.15, 0.2) is 0 Å². The highest BCUT2D eigenvalue weighted by Crippen LogP contribution is 2.49. The Kier molecular flexibility index (Phi) is 3.10. The first-order chi connectivity index (χ1) is 11.4. The molecule has 0 aromatic carbocycles. The number of fused-ring (bicyclic) bond motifs is 1. The van der Waals surface area contributed by atoms with Crippen molar-refractivity contribution in [1.82, 2.24) is 18.9 Å². The van der Waals surface area contributed by atoms with Gasteiger partial charge in [-0.1, -0.05) is 13.8 Å². The van der Waals surface area contributed by atoms with E-state index in [2.05, 4.69) is 0 Å². The predicted octanol–water partition coefficient (Wildman–Crippen LogP) is -1.46. The molecule has 2 aliphatic heterocycles. The average molecular weight is 350 g/mol. The van der Waals surface area contributed by atoms with Crippen LogP contribution in [0.5, 0.6) is 5.88 Å². The Morgan fingerprint density at radius 2 is 1.28 bits per heavy atom. The molecule has 1 saturated heterocycles. The number of hydrogen-bond acceptors (Lipinski definition) is 6. The van der Waals surface area contributed by atoms with E-state index in [9.17, 15) is 24.0 Å². The molecule has 3 rings (SSSR count). The first-order valence-corrected chi connectivity index (χ1v) is 7.51. The van der Waals surface area contributed by atoms with Crippen LogP contribution in [0.2, 0.25) is 0 Å². The molecule has 0 aliphatic carbocycles. The summed E-state index contributed by atoms with van der Waals surface area (Å²) in [6.07, 6.45) is 0. The lowest BCUT2D eigenvalue weighted by molar-refractivity contribution is -0.168. The summed E-state index contributed by atoms with van der Waals surface area (Å²) < 4.78 is 7.69. The Morgan fingerprint density at radius 3 is 1.76 bits per heavy atom. The van der Waals surface area contributed by atoms with Gasteiger partial charge in [0, 0.05) is 28.2 Å². The highest BCUT2D eigenvalue weighted by molar-refractivity contribution is 6.23. The van der Waals surface area contributed by atoms with E-state index in [4.69, 9.17) is 4.74 Å². The maximum atomic E-state index is 12.9. The van der Waals surface area contributed by atoms with E-state index in [0.29, 0.717) is 0 Å². The third-order valence-electron chi connectivity index (χ3n) is 5.15. The van der Waals surface area contributed by atoms with Gasteiger partial charge >= 0.3 is 11.7 Å². The third-order valence-corrected chi connectivity index (χ3v) is 5.15. The number of imide groups is 2. The third kappa shape index (κ3) is 1.61. The molecule has 3 heterocycles. The SMILES string of the molecule is CN1C(=O)N(C)C(=O)C2(Oc3c(c(=O)n(C)c(=O)n3C)C2(C)C)C1=O. The summed E-state index contributed by atoms with van der Waals surface area (Å²) in [5.74, 6) is -1.90. The normalized spacial score (nSPS) is 21.0. The van der Waals surface area contributed by atoms with Crippen molar-refractivity contribution in [3.05, 3.63) is 26.4 Å². The molecule has 0 radical (unpaired) electrons. The maximum absolute atomic E-state index is 12.9. The second kappa shape index (κ2) is 4.58. The largest absolute Gasteiger partial charge is 0.450 e. The zero-order valence-electron chi connectivity index (χ0n) is 14.7. The number of nitrogens with zero attached hydrogens (tertiary/aromatic N) is 4. The molecule has 0 N–H and O–H groups in total. The number of carbonyl (C=O) groups is 3. The number of urea groups is 1. The number of hydrogen-bond donors (Lipinski definition) is 0. The summed E-state index contributed by atoms with van der Waals surface area (Å²) in [5, 5.41) is 0. The van der Waals surface area contributed by atoms with Gasteiger partial charge < -0.3 is 4.74 Å². The molecule has 1 spiro atoms. The molecule has 0 unspecified atom stereocenters. The second-order valence-corrected chi connectivity index (χ2v) is 6.81. The van der Waals surface area contributed by atoms with Crippen molar-refractivity contribution in [2.24, 2.45) is 14.1 Å². The Bertz CT molecular complexity index is 945. The van der Waals surface area contributed by atoms with E-state index in [1.165, 1.54) is 42.0 Å². The van der Waals surface area contributed by atoms with Gasteiger partial charge in [-0.2, -0.15) is 0 Å². The van der Waals surface area contributed by atoms with Crippen LogP contribution in [0.3, 0.4) is 0 Å². The van der Waals surface area contributed by atoms with Gasteiger partial charge in [0.1, 0.15) is 0 Å². The van der Waals surface area contributed by atoms with Crippen molar-refractivity contribution in [3.63, 3.8) is 0 Å². The van der Waals surface area contributed by atoms with Crippen LogP contribution in [0.1, 0.15) is 19.4 Å². The van der Waals surface area contributed by atoms with Crippen LogP contribution in [0.4, 0.5) is 4.79 Å². The Hall–Kier alpha value is -2.91. The van der Waals surface area contributed by atoms with Crippen LogP contribution in [0, 0.1) is 0 Å². The lowest BCUT2D eigenvalue weighted by Crippen LogP contribution is -2.74. The van der Waals surface area contributed by atoms with E-state index < -0.39 is 40.1 Å². The van der Waals surface area contributed by atoms with E-state index in [1.807, 2.05) is 0 Å². The monoisotopic (exact) mass is 350 g/mol. The van der Waals surface area contributed by atoms with E-state index in [-0.39, 0.29) is 11.4 Å². The van der Waals surface area contributed by atoms with E-state index in [1.54, 1.807) is 0 Å². The quantitative estimate of drug-likeness (QED) is 0.529. The molecular weight excluding hydrogens is 332 g/mol. The number of rotatable bonds is 0. The minimum Gasteiger partial charge on any atom is -0.450 e. The molecule has 10 nitrogen and oxygen atoms in total. The van der Waals surface area contributed by atoms with Gasteiger partial charge in [0.25, 0.3) is 23.0 Å². The molecule has 0 atom stereocenters. The highest BCUT2D eigenvalue weighted by Gasteiger charge is 2.71. The molecule has 1 aromatic rings. The van der Waals surface area contributed by atoms with Crippen LogP contribution in [-0.2, 0) is 29.1 Å². The van der Waals surface area contributed by atoms with Crippen LogP contribution in [-0.4, -0.2) is 56.5 Å². The van der Waals surface area contributed by atoms with Crippen LogP contribution < -0.4 is 16.0 Å². The standard InChI is InChI=1S/C15H18N4O6/c1-14(2)7-8(20)16(3)12(23)17(4)9(7)25-15(14)10(21)18(5)13(24)19(6)11(15)22/h1-6H3. The number of likely N-dealkylation sites (N-methyl/N-ethyl adjacent to an activating group) is 2. The molecule has 25 heavy (non-hydrogen) atoms. The summed E-state index contributed by atoms with van der Waals surface area (Å²) in [6, 6.07) is -0.794. The summed E-state index contributed by atoms with van der Waals surface area (Å²) in [4.78, 5) is 64.3. The molecule has 1 aromatic heterocycles. The molecule has 2 aliphatic rings. The summed E-state index contributed by atoms with van der Waals surface area (Å²) in [6.45, 7) is 3.02. The minimum absolute atomic E-state index is 0.0370. The van der Waals surface area contributed by atoms with Gasteiger partial charge in [-0.05, 0) is 0 Å². The molecule has 0 saturated carbocycles. The van der Waals surface area contributed by atoms with E-state index >= 15 is 0 Å². The fraction of sp³-hybridized carbons (Fsp3) is 0.533. The van der Waals surface area contributed by atoms with Crippen LogP contribution in [0.25, 0.3) is 0 Å². The molecular formula is C15H18N4O6. The Balaban J connectivity index is 2.40. The fourth-order valence-corrected chi connectivity index (χ4v) is 3.51. The van der Waals surface area contributed by atoms with Crippen LogP contribution in [0.15, 0.2) is 9.59 Å². The van der Waals surface area contributed by atoms with Gasteiger partial charge in [-0.25, -0.2) is 9.59 Å². The maximum Gasteiger partial charge on any atom is 0.333 e. The topological polar surface area (TPSA) is 111 Å². The van der Waals surface area contributed by atoms with Crippen molar-refractivity contribution in [1.29, 1.82) is 0 Å². The summed E-state index contributed by atoms with van der Waals surface area (Å²) in [5.41, 5.74) is -4.80. The second-order valence-electron chi connectivity index (χ2n) is 6.81. The minimum atomic E-state index is -2.13. The summed E-state index contributed by atoms with van der Waals surface area (Å²) >= 11 is 0. The highest BCUT2D eigenvalue weighted by atomic mass is 16.5. The van der Waals surface area contributed by atoms with Crippen molar-refractivity contribution in [3.8, 4) is 5.88 Å². The van der Waals surface area contributed by atoms with Crippen molar-refractivity contribution in [2.75, 3.05) is 14.1 Å². The predicted molar refractivity (Wildman–Crippen MR) is 84.2 cm³/mol. The number of ether oxygens (including phenoxy) is 1. The van der Waals surface area contributed by atoms with Crippen molar-refractivity contribution < 1.29 is 19.1 Å². The van der Waals surface area contributed by atoms with Gasteiger partial charge in [-0.15, -0.1) is 0 Å². The van der Waals surface area contributed by atoms with Crippen LogP contribution >= 0.6 is 0 Å². The number of barbiturate groups is 1. The van der Waals surface area contributed by atoms with Gasteiger partial charge in [-0.3, -0.25) is 33.3 Å². The molecule has 4 amide bonds. The molecule has 134 valence electrons. The summed E-state index contributed by atoms with van der Waals surface area (Å²) in [7, 11) is 5.15. The van der Waals surface area contributed by atoms with Crippen molar-refractivity contribution in [2.45, 2.75) is 24.9 Å². The Labute approximate surface area is 142 Å². The first-order valence-electron chi connectivity index (χ1n) is 7.51. The van der Waals surface area contributed by atoms with Gasteiger partial charge in [0.2, 0.25) is 5.88 Å².